The van der Waals surface area contributed by atoms with Gasteiger partial charge in [0.05, 0.1) is 0 Å². The van der Waals surface area contributed by atoms with E-state index in [1.54, 1.807) is 11.9 Å². The van der Waals surface area contributed by atoms with Crippen LogP contribution < -0.4 is 16.4 Å². The molecule has 1 aromatic carbocycles. The van der Waals surface area contributed by atoms with E-state index in [9.17, 15) is 0 Å². The fraction of sp³-hybridized carbons (Fsp3) is 0.222. The van der Waals surface area contributed by atoms with Crippen molar-refractivity contribution in [3.8, 4) is 0 Å². The summed E-state index contributed by atoms with van der Waals surface area (Å²) in [6.07, 6.45) is 0. The molecule has 4 heteroatoms. The molecule has 0 aliphatic rings. The Bertz CT molecular complexity index is 319. The normalized spacial score (nSPS) is 11.4. The number of nitrogens with zero attached hydrogens (tertiary/aromatic N) is 2. The Hall–Kier alpha value is -1.71. The monoisotopic (exact) mass is 178 g/mol. The van der Waals surface area contributed by atoms with E-state index in [0.717, 1.165) is 5.69 Å². The second-order valence-electron chi connectivity index (χ2n) is 2.74. The van der Waals surface area contributed by atoms with Gasteiger partial charge in [-0.3, -0.25) is 4.99 Å². The Morgan fingerprint density at radius 1 is 1.46 bits per heavy atom. The minimum Gasteiger partial charge on any atom is -0.399 e. The maximum atomic E-state index is 5.63. The first-order valence-electron chi connectivity index (χ1n) is 3.96. The quantitative estimate of drug-likeness (QED) is 0.377. The number of nitrogen functional groups attached to an aromatic ring is 1. The number of hydrogen-bond donors (Lipinski definition) is 2. The van der Waals surface area contributed by atoms with Crippen molar-refractivity contribution in [1.29, 1.82) is 0 Å². The van der Waals surface area contributed by atoms with Crippen LogP contribution in [0.2, 0.25) is 0 Å². The smallest absolute Gasteiger partial charge is 0.195 e. The fourth-order valence-corrected chi connectivity index (χ4v) is 1.02. The van der Waals surface area contributed by atoms with Crippen molar-refractivity contribution < 1.29 is 0 Å². The van der Waals surface area contributed by atoms with Crippen molar-refractivity contribution in [1.82, 2.24) is 0 Å². The summed E-state index contributed by atoms with van der Waals surface area (Å²) in [6.45, 7) is 0. The van der Waals surface area contributed by atoms with Crippen molar-refractivity contribution in [2.75, 3.05) is 24.7 Å². The number of anilines is 2. The molecule has 4 N–H and O–H groups in total. The van der Waals surface area contributed by atoms with Crippen LogP contribution in [0.4, 0.5) is 11.4 Å². The van der Waals surface area contributed by atoms with Crippen LogP contribution in [0.25, 0.3) is 0 Å². The highest BCUT2D eigenvalue weighted by Gasteiger charge is 2.03. The Kier molecular flexibility index (Phi) is 2.74. The summed E-state index contributed by atoms with van der Waals surface area (Å²) in [7, 11) is 3.50. The molecule has 1 aromatic rings. The van der Waals surface area contributed by atoms with E-state index in [1.165, 1.54) is 0 Å². The molecule has 0 fully saturated rings. The van der Waals surface area contributed by atoms with Gasteiger partial charge in [-0.2, -0.15) is 0 Å². The van der Waals surface area contributed by atoms with Gasteiger partial charge in [0.15, 0.2) is 5.96 Å². The second kappa shape index (κ2) is 3.80. The fourth-order valence-electron chi connectivity index (χ4n) is 1.02. The molecule has 0 saturated heterocycles. The molecule has 0 bridgehead atoms. The van der Waals surface area contributed by atoms with Crippen molar-refractivity contribution in [2.24, 2.45) is 10.7 Å². The van der Waals surface area contributed by atoms with Crippen LogP contribution >= 0.6 is 0 Å². The van der Waals surface area contributed by atoms with Gasteiger partial charge in [-0.15, -0.1) is 0 Å². The lowest BCUT2D eigenvalue weighted by atomic mass is 10.3. The average Bonchev–Trinajstić information content (AvgIpc) is 2.15. The highest BCUT2D eigenvalue weighted by molar-refractivity contribution is 5.94. The van der Waals surface area contributed by atoms with E-state index in [2.05, 4.69) is 4.99 Å². The first-order chi connectivity index (χ1) is 6.15. The Labute approximate surface area is 77.9 Å². The van der Waals surface area contributed by atoms with E-state index in [0.29, 0.717) is 11.6 Å². The predicted molar refractivity (Wildman–Crippen MR) is 56.8 cm³/mol. The van der Waals surface area contributed by atoms with Gasteiger partial charge in [0.1, 0.15) is 0 Å². The lowest BCUT2D eigenvalue weighted by Crippen LogP contribution is -2.33. The summed E-state index contributed by atoms with van der Waals surface area (Å²) in [5.41, 5.74) is 12.9. The third kappa shape index (κ3) is 2.11. The lowest BCUT2D eigenvalue weighted by molar-refractivity contribution is 1.20. The number of aliphatic imine (C=N–C) groups is 1. The molecule has 0 amide bonds. The van der Waals surface area contributed by atoms with Crippen LogP contribution in [0.5, 0.6) is 0 Å². The molecule has 0 aliphatic heterocycles. The number of guanidine groups is 1. The van der Waals surface area contributed by atoms with Crippen LogP contribution in [-0.2, 0) is 0 Å². The molecule has 0 unspecified atom stereocenters. The Balaban J connectivity index is 2.95. The summed E-state index contributed by atoms with van der Waals surface area (Å²) < 4.78 is 0. The van der Waals surface area contributed by atoms with Crippen LogP contribution in [0.15, 0.2) is 29.3 Å². The van der Waals surface area contributed by atoms with E-state index in [4.69, 9.17) is 11.5 Å². The predicted octanol–water partition coefficient (Wildman–Crippen LogP) is 0.649. The van der Waals surface area contributed by atoms with Gasteiger partial charge in [-0.05, 0) is 18.2 Å². The molecule has 0 atom stereocenters. The molecular weight excluding hydrogens is 164 g/mol. The maximum absolute atomic E-state index is 5.63. The third-order valence-electron chi connectivity index (χ3n) is 1.83. The van der Waals surface area contributed by atoms with Gasteiger partial charge in [0.25, 0.3) is 0 Å². The maximum Gasteiger partial charge on any atom is 0.195 e. The molecule has 0 heterocycles. The zero-order valence-corrected chi connectivity index (χ0v) is 7.86. The van der Waals surface area contributed by atoms with Gasteiger partial charge < -0.3 is 16.4 Å². The number of benzene rings is 1. The molecule has 4 nitrogen and oxygen atoms in total. The van der Waals surface area contributed by atoms with E-state index in [-0.39, 0.29) is 0 Å². The molecular formula is C9H14N4. The average molecular weight is 178 g/mol. The molecule has 0 spiro atoms. The molecule has 0 aromatic heterocycles. The molecule has 13 heavy (non-hydrogen) atoms. The summed E-state index contributed by atoms with van der Waals surface area (Å²) >= 11 is 0. The van der Waals surface area contributed by atoms with Crippen LogP contribution in [-0.4, -0.2) is 20.1 Å². The zero-order valence-electron chi connectivity index (χ0n) is 7.86. The summed E-state index contributed by atoms with van der Waals surface area (Å²) in [5.74, 6) is 0.464. The molecule has 1 rings (SSSR count). The van der Waals surface area contributed by atoms with Crippen molar-refractivity contribution >= 4 is 17.3 Å². The van der Waals surface area contributed by atoms with Gasteiger partial charge in [-0.25, -0.2) is 0 Å². The highest BCUT2D eigenvalue weighted by Crippen LogP contribution is 2.15. The number of nitrogens with two attached hydrogens (primary N) is 2. The summed E-state index contributed by atoms with van der Waals surface area (Å²) in [5, 5.41) is 0. The highest BCUT2D eigenvalue weighted by atomic mass is 15.2. The largest absolute Gasteiger partial charge is 0.399 e. The Morgan fingerprint density at radius 2 is 2.15 bits per heavy atom. The zero-order chi connectivity index (χ0) is 9.84. The second-order valence-corrected chi connectivity index (χ2v) is 2.74. The first-order valence-corrected chi connectivity index (χ1v) is 3.96. The Morgan fingerprint density at radius 3 is 2.69 bits per heavy atom. The van der Waals surface area contributed by atoms with E-state index >= 15 is 0 Å². The minimum atomic E-state index is 0.464. The van der Waals surface area contributed by atoms with Crippen molar-refractivity contribution in [3.05, 3.63) is 24.3 Å². The van der Waals surface area contributed by atoms with Crippen LogP contribution in [0.1, 0.15) is 0 Å². The van der Waals surface area contributed by atoms with E-state index < -0.39 is 0 Å². The van der Waals surface area contributed by atoms with Crippen molar-refractivity contribution in [3.63, 3.8) is 0 Å². The first kappa shape index (κ1) is 9.38. The third-order valence-corrected chi connectivity index (χ3v) is 1.83. The summed E-state index contributed by atoms with van der Waals surface area (Å²) in [6, 6.07) is 7.48. The molecule has 0 saturated carbocycles. The van der Waals surface area contributed by atoms with Gasteiger partial charge in [-0.1, -0.05) is 6.07 Å². The lowest BCUT2D eigenvalue weighted by Gasteiger charge is -2.17. The topological polar surface area (TPSA) is 67.6 Å². The summed E-state index contributed by atoms with van der Waals surface area (Å²) in [4.78, 5) is 5.65. The van der Waals surface area contributed by atoms with Crippen molar-refractivity contribution in [2.45, 2.75) is 0 Å². The van der Waals surface area contributed by atoms with Crippen LogP contribution in [0.3, 0.4) is 0 Å². The SMILES string of the molecule is CN=C(N)N(C)c1cccc(N)c1. The molecule has 70 valence electrons. The standard InChI is InChI=1S/C9H14N4/c1-12-9(11)13(2)8-5-3-4-7(10)6-8/h3-6H,10H2,1-2H3,(H2,11,12). The van der Waals surface area contributed by atoms with Gasteiger partial charge in [0.2, 0.25) is 0 Å². The van der Waals surface area contributed by atoms with Gasteiger partial charge in [0, 0.05) is 25.5 Å². The number of rotatable bonds is 1. The van der Waals surface area contributed by atoms with Crippen LogP contribution in [0, 0.1) is 0 Å². The molecule has 0 aliphatic carbocycles. The van der Waals surface area contributed by atoms with Gasteiger partial charge >= 0.3 is 0 Å². The van der Waals surface area contributed by atoms with E-state index in [1.807, 2.05) is 31.3 Å². The minimum absolute atomic E-state index is 0.464. The molecule has 0 radical (unpaired) electrons. The number of hydrogen-bond acceptors (Lipinski definition) is 2.